The smallest absolute Gasteiger partial charge is 0.139 e. The van der Waals surface area contributed by atoms with Crippen LogP contribution in [-0.2, 0) is 4.74 Å². The van der Waals surface area contributed by atoms with Crippen molar-refractivity contribution >= 4 is 0 Å². The van der Waals surface area contributed by atoms with Gasteiger partial charge in [-0.2, -0.15) is 0 Å². The van der Waals surface area contributed by atoms with Crippen LogP contribution in [-0.4, -0.2) is 12.8 Å². The van der Waals surface area contributed by atoms with Crippen LogP contribution in [0.5, 0.6) is 0 Å². The van der Waals surface area contributed by atoms with Crippen molar-refractivity contribution in [1.82, 2.24) is 0 Å². The van der Waals surface area contributed by atoms with E-state index in [1.165, 1.54) is 19.3 Å². The van der Waals surface area contributed by atoms with Crippen molar-refractivity contribution < 1.29 is 4.74 Å². The van der Waals surface area contributed by atoms with Crippen LogP contribution in [0.2, 0.25) is 0 Å². The first-order valence-electron chi connectivity index (χ1n) is 6.04. The minimum atomic E-state index is -0.221. The highest BCUT2D eigenvalue weighted by molar-refractivity contribution is 4.73. The van der Waals surface area contributed by atoms with Crippen LogP contribution in [0, 0.1) is 5.92 Å². The van der Waals surface area contributed by atoms with E-state index in [2.05, 4.69) is 16.9 Å². The Labute approximate surface area is 91.6 Å². The Morgan fingerprint density at radius 1 is 1.40 bits per heavy atom. The van der Waals surface area contributed by atoms with Gasteiger partial charge in [0.15, 0.2) is 0 Å². The molecule has 0 bridgehead atoms. The zero-order chi connectivity index (χ0) is 10.9. The lowest BCUT2D eigenvalue weighted by molar-refractivity contribution is 0.00381. The molecule has 0 spiro atoms. The quantitative estimate of drug-likeness (QED) is 0.283. The summed E-state index contributed by atoms with van der Waals surface area (Å²) in [7, 11) is 0. The van der Waals surface area contributed by atoms with E-state index in [1.807, 2.05) is 0 Å². The first-order chi connectivity index (χ1) is 7.38. The first kappa shape index (κ1) is 12.3. The number of azide groups is 1. The molecular formula is C11H21N3O. The molecule has 0 heterocycles. The molecule has 0 N–H and O–H groups in total. The second-order valence-electron chi connectivity index (χ2n) is 4.22. The lowest BCUT2D eigenvalue weighted by Gasteiger charge is -2.27. The van der Waals surface area contributed by atoms with Crippen LogP contribution in [0.15, 0.2) is 5.11 Å². The van der Waals surface area contributed by atoms with Crippen molar-refractivity contribution in [2.75, 3.05) is 6.61 Å². The fraction of sp³-hybridized carbons (Fsp3) is 1.00. The monoisotopic (exact) mass is 211 g/mol. The Balaban J connectivity index is 2.37. The minimum Gasteiger partial charge on any atom is -0.372 e. The van der Waals surface area contributed by atoms with Gasteiger partial charge in [-0.05, 0) is 30.7 Å². The van der Waals surface area contributed by atoms with Gasteiger partial charge in [0.05, 0.1) is 0 Å². The van der Waals surface area contributed by atoms with Gasteiger partial charge in [-0.15, -0.1) is 0 Å². The van der Waals surface area contributed by atoms with Crippen LogP contribution in [0.4, 0.5) is 0 Å². The Hall–Kier alpha value is -0.730. The van der Waals surface area contributed by atoms with Crippen LogP contribution in [0.3, 0.4) is 0 Å². The Morgan fingerprint density at radius 2 is 2.13 bits per heavy atom. The van der Waals surface area contributed by atoms with Crippen LogP contribution >= 0.6 is 0 Å². The van der Waals surface area contributed by atoms with E-state index in [-0.39, 0.29) is 6.23 Å². The maximum absolute atomic E-state index is 8.50. The molecule has 0 radical (unpaired) electrons. The number of hydrogen-bond donors (Lipinski definition) is 0. The molecule has 0 saturated heterocycles. The SMILES string of the molecule is CCCCOC(N=[N+]=[N-])C1CCCCC1. The fourth-order valence-electron chi connectivity index (χ4n) is 2.08. The molecule has 4 nitrogen and oxygen atoms in total. The van der Waals surface area contributed by atoms with E-state index >= 15 is 0 Å². The first-order valence-corrected chi connectivity index (χ1v) is 6.04. The van der Waals surface area contributed by atoms with Gasteiger partial charge in [0, 0.05) is 11.5 Å². The molecule has 4 heteroatoms. The zero-order valence-corrected chi connectivity index (χ0v) is 9.56. The summed E-state index contributed by atoms with van der Waals surface area (Å²) in [4.78, 5) is 2.89. The van der Waals surface area contributed by atoms with Crippen molar-refractivity contribution in [3.8, 4) is 0 Å². The maximum Gasteiger partial charge on any atom is 0.139 e. The highest BCUT2D eigenvalue weighted by atomic mass is 16.5. The lowest BCUT2D eigenvalue weighted by Crippen LogP contribution is -2.24. The van der Waals surface area contributed by atoms with Gasteiger partial charge >= 0.3 is 0 Å². The summed E-state index contributed by atoms with van der Waals surface area (Å²) in [6.45, 7) is 2.85. The molecule has 0 aromatic rings. The molecule has 1 unspecified atom stereocenters. The lowest BCUT2D eigenvalue weighted by atomic mass is 9.88. The highest BCUT2D eigenvalue weighted by Gasteiger charge is 2.22. The zero-order valence-electron chi connectivity index (χ0n) is 9.56. The van der Waals surface area contributed by atoms with Crippen LogP contribution in [0.25, 0.3) is 10.4 Å². The van der Waals surface area contributed by atoms with Crippen molar-refractivity contribution in [1.29, 1.82) is 0 Å². The van der Waals surface area contributed by atoms with Crippen molar-refractivity contribution in [2.45, 2.75) is 58.1 Å². The standard InChI is InChI=1S/C11H21N3O/c1-2-3-9-15-11(13-14-12)10-7-5-4-6-8-10/h10-11H,2-9H2,1H3. The van der Waals surface area contributed by atoms with E-state index in [9.17, 15) is 0 Å². The summed E-state index contributed by atoms with van der Waals surface area (Å²) < 4.78 is 5.64. The predicted molar refractivity (Wildman–Crippen MR) is 60.4 cm³/mol. The summed E-state index contributed by atoms with van der Waals surface area (Å²) in [5.74, 6) is 0.450. The number of hydrogen-bond acceptors (Lipinski definition) is 2. The van der Waals surface area contributed by atoms with E-state index in [1.54, 1.807) is 0 Å². The average molecular weight is 211 g/mol. The van der Waals surface area contributed by atoms with Gasteiger partial charge in [0.2, 0.25) is 0 Å². The number of unbranched alkanes of at least 4 members (excludes halogenated alkanes) is 1. The summed E-state index contributed by atoms with van der Waals surface area (Å²) in [5.41, 5.74) is 8.50. The fourth-order valence-corrected chi connectivity index (χ4v) is 2.08. The molecule has 1 rings (SSSR count). The number of nitrogens with zero attached hydrogens (tertiary/aromatic N) is 3. The minimum absolute atomic E-state index is 0.221. The van der Waals surface area contributed by atoms with Crippen molar-refractivity contribution in [3.63, 3.8) is 0 Å². The Kier molecular flexibility index (Phi) is 6.21. The number of rotatable bonds is 6. The molecule has 1 fully saturated rings. The Bertz CT molecular complexity index is 208. The summed E-state index contributed by atoms with van der Waals surface area (Å²) in [6.07, 6.45) is 8.05. The van der Waals surface area contributed by atoms with Gasteiger partial charge in [-0.25, -0.2) is 0 Å². The molecule has 86 valence electrons. The normalized spacial score (nSPS) is 19.5. The molecule has 0 aromatic heterocycles. The highest BCUT2D eigenvalue weighted by Crippen LogP contribution is 2.28. The van der Waals surface area contributed by atoms with Crippen molar-refractivity contribution in [3.05, 3.63) is 10.4 Å². The predicted octanol–water partition coefficient (Wildman–Crippen LogP) is 4.02. The molecule has 1 aliphatic carbocycles. The van der Waals surface area contributed by atoms with Crippen LogP contribution in [0.1, 0.15) is 51.9 Å². The van der Waals surface area contributed by atoms with Crippen LogP contribution < -0.4 is 0 Å². The third-order valence-corrected chi connectivity index (χ3v) is 3.01. The second kappa shape index (κ2) is 7.55. The topological polar surface area (TPSA) is 58.0 Å². The molecule has 0 amide bonds. The Morgan fingerprint density at radius 3 is 2.73 bits per heavy atom. The molecule has 0 aromatic carbocycles. The average Bonchev–Trinajstić information content (AvgIpc) is 2.29. The molecule has 0 aliphatic heterocycles. The van der Waals surface area contributed by atoms with E-state index < -0.39 is 0 Å². The van der Waals surface area contributed by atoms with E-state index in [4.69, 9.17) is 10.3 Å². The third kappa shape index (κ3) is 4.54. The molecule has 1 aliphatic rings. The second-order valence-corrected chi connectivity index (χ2v) is 4.22. The van der Waals surface area contributed by atoms with E-state index in [0.717, 1.165) is 32.3 Å². The number of ether oxygens (including phenoxy) is 1. The van der Waals surface area contributed by atoms with Gasteiger partial charge < -0.3 is 4.74 Å². The summed E-state index contributed by atoms with van der Waals surface area (Å²) >= 11 is 0. The largest absolute Gasteiger partial charge is 0.372 e. The van der Waals surface area contributed by atoms with E-state index in [0.29, 0.717) is 5.92 Å². The maximum atomic E-state index is 8.50. The summed E-state index contributed by atoms with van der Waals surface area (Å²) in [5, 5.41) is 3.78. The van der Waals surface area contributed by atoms with Gasteiger partial charge in [-0.3, -0.25) is 0 Å². The third-order valence-electron chi connectivity index (χ3n) is 3.01. The van der Waals surface area contributed by atoms with Gasteiger partial charge in [0.25, 0.3) is 0 Å². The van der Waals surface area contributed by atoms with Gasteiger partial charge in [0.1, 0.15) is 6.23 Å². The van der Waals surface area contributed by atoms with Crippen molar-refractivity contribution in [2.24, 2.45) is 11.0 Å². The molecular weight excluding hydrogens is 190 g/mol. The van der Waals surface area contributed by atoms with Gasteiger partial charge in [-0.1, -0.05) is 37.7 Å². The molecule has 1 saturated carbocycles. The molecule has 15 heavy (non-hydrogen) atoms. The molecule has 1 atom stereocenters. The summed E-state index contributed by atoms with van der Waals surface area (Å²) in [6, 6.07) is 0.